The van der Waals surface area contributed by atoms with Crippen LogP contribution in [0.4, 0.5) is 42.5 Å². The Morgan fingerprint density at radius 3 is 2.20 bits per heavy atom. The van der Waals surface area contributed by atoms with Crippen LogP contribution in [-0.2, 0) is 21.9 Å². The van der Waals surface area contributed by atoms with E-state index in [1.807, 2.05) is 6.92 Å². The highest BCUT2D eigenvalue weighted by molar-refractivity contribution is 5.91. The molecule has 3 atom stereocenters. The summed E-state index contributed by atoms with van der Waals surface area (Å²) in [6.07, 6.45) is -8.03. The van der Waals surface area contributed by atoms with Crippen molar-refractivity contribution >= 4 is 23.4 Å². The molecular weight excluding hydrogens is 624 g/mol. The van der Waals surface area contributed by atoms with E-state index in [4.69, 9.17) is 15.2 Å². The van der Waals surface area contributed by atoms with Crippen LogP contribution in [0.3, 0.4) is 0 Å². The zero-order chi connectivity index (χ0) is 33.8. The van der Waals surface area contributed by atoms with Gasteiger partial charge in [-0.3, -0.25) is 15.0 Å². The van der Waals surface area contributed by atoms with Crippen LogP contribution in [0.15, 0.2) is 42.7 Å². The Bertz CT molecular complexity index is 1520. The van der Waals surface area contributed by atoms with E-state index in [0.717, 1.165) is 12.4 Å². The molecule has 1 unspecified atom stereocenters. The van der Waals surface area contributed by atoms with Gasteiger partial charge in [0, 0.05) is 12.1 Å². The Morgan fingerprint density at radius 1 is 1.04 bits per heavy atom. The van der Waals surface area contributed by atoms with Gasteiger partial charge in [-0.15, -0.1) is 0 Å². The van der Waals surface area contributed by atoms with Crippen LogP contribution in [0.1, 0.15) is 67.0 Å². The Balaban J connectivity index is 1.89. The molecule has 17 heteroatoms. The van der Waals surface area contributed by atoms with Gasteiger partial charge in [-0.05, 0) is 49.6 Å². The molecule has 0 aliphatic carbocycles. The highest BCUT2D eigenvalue weighted by atomic mass is 19.4. The summed E-state index contributed by atoms with van der Waals surface area (Å²) < 4.78 is 93.8. The Kier molecular flexibility index (Phi) is 10.4. The number of pyridine rings is 1. The number of nitrogens with one attached hydrogen (secondary N) is 2. The van der Waals surface area contributed by atoms with Crippen LogP contribution in [0.5, 0.6) is 5.88 Å². The lowest BCUT2D eigenvalue weighted by atomic mass is 9.91. The molecule has 46 heavy (non-hydrogen) atoms. The average Bonchev–Trinajstić information content (AvgIpc) is 3.02. The number of nitrogens with two attached hydrogens (primary N) is 1. The lowest BCUT2D eigenvalue weighted by molar-refractivity contribution is -0.143. The summed E-state index contributed by atoms with van der Waals surface area (Å²) in [5.41, 5.74) is 2.46. The molecule has 4 rings (SSSR count). The van der Waals surface area contributed by atoms with Gasteiger partial charge in [0.25, 0.3) is 0 Å². The van der Waals surface area contributed by atoms with Crippen molar-refractivity contribution in [2.24, 2.45) is 5.73 Å². The molecular formula is C29H31F6N7O4. The van der Waals surface area contributed by atoms with E-state index >= 15 is 0 Å². The number of nitrogens with zero attached hydrogens (tertiary/aromatic N) is 4. The number of carbonyl (C=O) groups is 2. The number of anilines is 2. The molecule has 11 nitrogen and oxygen atoms in total. The van der Waals surface area contributed by atoms with E-state index in [0.29, 0.717) is 24.2 Å². The highest BCUT2D eigenvalue weighted by Crippen LogP contribution is 2.42. The second kappa shape index (κ2) is 13.9. The predicted octanol–water partition coefficient (Wildman–Crippen LogP) is 5.38. The minimum atomic E-state index is -5.11. The van der Waals surface area contributed by atoms with Crippen molar-refractivity contribution in [2.75, 3.05) is 30.5 Å². The van der Waals surface area contributed by atoms with Crippen molar-refractivity contribution in [1.82, 2.24) is 20.3 Å². The molecule has 2 aromatic heterocycles. The maximum Gasteiger partial charge on any atom is 0.416 e. The molecule has 0 spiro atoms. The zero-order valence-corrected chi connectivity index (χ0v) is 24.9. The van der Waals surface area contributed by atoms with Crippen molar-refractivity contribution in [3.8, 4) is 5.88 Å². The number of hydrogen-bond donors (Lipinski definition) is 3. The molecule has 2 amide bonds. The van der Waals surface area contributed by atoms with Gasteiger partial charge in [-0.25, -0.2) is 19.7 Å². The zero-order valence-electron chi connectivity index (χ0n) is 24.9. The van der Waals surface area contributed by atoms with Crippen molar-refractivity contribution in [3.63, 3.8) is 0 Å². The topological polar surface area (TPSA) is 145 Å². The van der Waals surface area contributed by atoms with Crippen LogP contribution in [-0.4, -0.2) is 53.3 Å². The standard InChI is InChI=1S/C29H31F6N7O4/c1-4-19-11-20(25-21(6-7-23(41-25)45-3)42(19)27(44)46-5-2)40-24(26-37-13-18(14-38-26)39-22(43)12-36)15-8-16(28(30,31)32)10-17(9-15)29(33,34)35/h6-10,13-14,19-20,24,40H,4-5,11-12,36H2,1-3H3,(H,39,43)/t19-,20+,24?/m1/s1. The summed E-state index contributed by atoms with van der Waals surface area (Å²) in [7, 11) is 1.36. The van der Waals surface area contributed by atoms with Gasteiger partial charge >= 0.3 is 18.4 Å². The molecule has 0 saturated heterocycles. The number of amides is 2. The summed E-state index contributed by atoms with van der Waals surface area (Å²) in [6, 6.07) is 1.48. The van der Waals surface area contributed by atoms with E-state index in [-0.39, 0.29) is 48.7 Å². The van der Waals surface area contributed by atoms with Gasteiger partial charge in [-0.2, -0.15) is 26.3 Å². The second-order valence-electron chi connectivity index (χ2n) is 10.2. The number of alkyl halides is 6. The molecule has 0 radical (unpaired) electrons. The number of benzene rings is 1. The fraction of sp³-hybridized carbons (Fsp3) is 0.414. The van der Waals surface area contributed by atoms with Crippen molar-refractivity contribution in [2.45, 2.75) is 57.2 Å². The van der Waals surface area contributed by atoms with Gasteiger partial charge < -0.3 is 20.5 Å². The van der Waals surface area contributed by atoms with Gasteiger partial charge in [-0.1, -0.05) is 6.92 Å². The smallest absolute Gasteiger partial charge is 0.416 e. The van der Waals surface area contributed by atoms with Crippen LogP contribution >= 0.6 is 0 Å². The number of methoxy groups -OCH3 is 1. The van der Waals surface area contributed by atoms with Gasteiger partial charge in [0.15, 0.2) is 0 Å². The van der Waals surface area contributed by atoms with E-state index < -0.39 is 59.2 Å². The van der Waals surface area contributed by atoms with E-state index in [1.54, 1.807) is 13.0 Å². The summed E-state index contributed by atoms with van der Waals surface area (Å²) in [5.74, 6) is -0.631. The fourth-order valence-corrected chi connectivity index (χ4v) is 5.08. The predicted molar refractivity (Wildman–Crippen MR) is 153 cm³/mol. The minimum absolute atomic E-state index is 0.0273. The maximum atomic E-state index is 13.9. The summed E-state index contributed by atoms with van der Waals surface area (Å²) in [4.78, 5) is 39.0. The van der Waals surface area contributed by atoms with Crippen LogP contribution in [0.25, 0.3) is 0 Å². The quantitative estimate of drug-likeness (QED) is 0.259. The number of carbonyl (C=O) groups excluding carboxylic acids is 2. The summed E-state index contributed by atoms with van der Waals surface area (Å²) in [6.45, 7) is 3.19. The van der Waals surface area contributed by atoms with Crippen molar-refractivity contribution < 1.29 is 45.4 Å². The number of rotatable bonds is 9. The molecule has 1 aliphatic heterocycles. The number of aromatic nitrogens is 3. The first kappa shape index (κ1) is 34.4. The lowest BCUT2D eigenvalue weighted by Gasteiger charge is -2.40. The molecule has 0 saturated carbocycles. The number of fused-ring (bicyclic) bond motifs is 1. The molecule has 0 fully saturated rings. The Morgan fingerprint density at radius 2 is 1.67 bits per heavy atom. The van der Waals surface area contributed by atoms with Gasteiger partial charge in [0.1, 0.15) is 5.82 Å². The average molecular weight is 656 g/mol. The summed E-state index contributed by atoms with van der Waals surface area (Å²) in [5, 5.41) is 5.54. The molecule has 1 aliphatic rings. The lowest BCUT2D eigenvalue weighted by Crippen LogP contribution is -2.48. The first-order chi connectivity index (χ1) is 21.7. The van der Waals surface area contributed by atoms with E-state index in [2.05, 4.69) is 25.6 Å². The van der Waals surface area contributed by atoms with Crippen molar-refractivity contribution in [1.29, 1.82) is 0 Å². The largest absolute Gasteiger partial charge is 0.481 e. The Labute approximate surface area is 259 Å². The first-order valence-corrected chi connectivity index (χ1v) is 14.1. The normalized spacial score (nSPS) is 17.2. The molecule has 3 aromatic rings. The van der Waals surface area contributed by atoms with E-state index in [9.17, 15) is 35.9 Å². The fourth-order valence-electron chi connectivity index (χ4n) is 5.08. The first-order valence-electron chi connectivity index (χ1n) is 14.1. The molecule has 3 heterocycles. The number of ether oxygens (including phenoxy) is 2. The molecule has 248 valence electrons. The SMILES string of the molecule is CCOC(=O)N1c2ccc(OC)nc2[C@@H](NC(c2cc(C(F)(F)F)cc(C(F)(F)F)c2)c2ncc(NC(=O)CN)cn2)C[C@H]1CC. The van der Waals surface area contributed by atoms with Crippen LogP contribution in [0, 0.1) is 0 Å². The van der Waals surface area contributed by atoms with E-state index in [1.165, 1.54) is 18.1 Å². The molecule has 1 aromatic carbocycles. The van der Waals surface area contributed by atoms with Crippen LogP contribution < -0.4 is 26.0 Å². The molecule has 0 bridgehead atoms. The number of halogens is 6. The maximum absolute atomic E-state index is 13.9. The second-order valence-corrected chi connectivity index (χ2v) is 10.2. The monoisotopic (exact) mass is 655 g/mol. The van der Waals surface area contributed by atoms with Gasteiger partial charge in [0.05, 0.1) is 72.9 Å². The highest BCUT2D eigenvalue weighted by Gasteiger charge is 2.41. The minimum Gasteiger partial charge on any atom is -0.481 e. The third-order valence-corrected chi connectivity index (χ3v) is 7.19. The summed E-state index contributed by atoms with van der Waals surface area (Å²) >= 11 is 0. The Hall–Kier alpha value is -4.51. The molecule has 4 N–H and O–H groups in total. The third-order valence-electron chi connectivity index (χ3n) is 7.19. The third kappa shape index (κ3) is 7.64. The van der Waals surface area contributed by atoms with Crippen molar-refractivity contribution in [3.05, 3.63) is 70.9 Å². The van der Waals surface area contributed by atoms with Gasteiger partial charge in [0.2, 0.25) is 11.8 Å². The van der Waals surface area contributed by atoms with Crippen LogP contribution in [0.2, 0.25) is 0 Å². The number of hydrogen-bond acceptors (Lipinski definition) is 9.